The molecule has 138 valence electrons. The number of aryl methyl sites for hydroxylation is 1. The van der Waals surface area contributed by atoms with E-state index in [4.69, 9.17) is 0 Å². The van der Waals surface area contributed by atoms with Gasteiger partial charge in [0.05, 0.1) is 12.1 Å². The summed E-state index contributed by atoms with van der Waals surface area (Å²) in [6.07, 6.45) is 2.31. The van der Waals surface area contributed by atoms with Crippen LogP contribution >= 0.6 is 0 Å². The minimum atomic E-state index is -0.114. The summed E-state index contributed by atoms with van der Waals surface area (Å²) in [6, 6.07) is 18.7. The van der Waals surface area contributed by atoms with E-state index in [0.717, 1.165) is 12.0 Å². The predicted octanol–water partition coefficient (Wildman–Crippen LogP) is 4.31. The summed E-state index contributed by atoms with van der Waals surface area (Å²) in [5, 5.41) is 4.46. The second kappa shape index (κ2) is 6.99. The van der Waals surface area contributed by atoms with E-state index in [-0.39, 0.29) is 23.9 Å². The van der Waals surface area contributed by atoms with Crippen LogP contribution in [-0.2, 0) is 4.79 Å². The molecule has 0 spiro atoms. The highest BCUT2D eigenvalue weighted by Crippen LogP contribution is 2.42. The number of nitrogens with zero attached hydrogens (tertiary/aromatic N) is 4. The number of amides is 1. The number of aromatic nitrogens is 3. The number of hydrogen-bond donors (Lipinski definition) is 0. The largest absolute Gasteiger partial charge is 0.274 e. The summed E-state index contributed by atoms with van der Waals surface area (Å²) < 4.78 is 1.89. The van der Waals surface area contributed by atoms with Crippen molar-refractivity contribution in [2.75, 3.05) is 4.90 Å². The van der Waals surface area contributed by atoms with Crippen molar-refractivity contribution >= 4 is 11.9 Å². The predicted molar refractivity (Wildman–Crippen MR) is 105 cm³/mol. The second-order valence-electron chi connectivity index (χ2n) is 7.46. The molecule has 4 rings (SSSR count). The van der Waals surface area contributed by atoms with Gasteiger partial charge in [-0.1, -0.05) is 74.0 Å². The molecule has 0 saturated carbocycles. The smallest absolute Gasteiger partial charge is 0.232 e. The number of hydrogen-bond acceptors (Lipinski definition) is 3. The highest BCUT2D eigenvalue weighted by Gasteiger charge is 2.39. The van der Waals surface area contributed by atoms with Crippen LogP contribution in [0.2, 0.25) is 0 Å². The molecule has 2 aromatic carbocycles. The van der Waals surface area contributed by atoms with E-state index in [1.807, 2.05) is 41.6 Å². The van der Waals surface area contributed by atoms with Crippen LogP contribution < -0.4 is 4.90 Å². The zero-order valence-corrected chi connectivity index (χ0v) is 15.9. The molecular weight excluding hydrogens is 336 g/mol. The monoisotopic (exact) mass is 360 g/mol. The van der Waals surface area contributed by atoms with Crippen LogP contribution in [0, 0.1) is 12.8 Å². The van der Waals surface area contributed by atoms with Crippen LogP contribution in [0.1, 0.15) is 49.0 Å². The van der Waals surface area contributed by atoms with Gasteiger partial charge in [-0.3, -0.25) is 9.69 Å². The normalized spacial score (nSPS) is 19.2. The van der Waals surface area contributed by atoms with Crippen LogP contribution in [0.25, 0.3) is 0 Å². The number of carbonyl (C=O) groups is 1. The lowest BCUT2D eigenvalue weighted by molar-refractivity contribution is -0.122. The molecule has 1 aliphatic heterocycles. The summed E-state index contributed by atoms with van der Waals surface area (Å²) in [6.45, 7) is 5.93. The molecule has 27 heavy (non-hydrogen) atoms. The maximum Gasteiger partial charge on any atom is 0.232 e. The molecule has 1 amide bonds. The molecule has 3 aromatic rings. The Bertz CT molecular complexity index is 930. The topological polar surface area (TPSA) is 51.0 Å². The number of benzene rings is 2. The van der Waals surface area contributed by atoms with Crippen LogP contribution in [0.15, 0.2) is 60.9 Å². The molecule has 0 aliphatic carbocycles. The minimum Gasteiger partial charge on any atom is -0.274 e. The van der Waals surface area contributed by atoms with Crippen molar-refractivity contribution in [1.82, 2.24) is 14.8 Å². The molecule has 0 unspecified atom stereocenters. The van der Waals surface area contributed by atoms with E-state index in [9.17, 15) is 4.79 Å². The molecule has 1 aliphatic rings. The SMILES string of the molecule is Cc1ccc([C@@H]2C[C@H](c3ccccc3)n3ncnc3N2C(=O)C(C)C)cc1. The van der Waals surface area contributed by atoms with E-state index < -0.39 is 0 Å². The summed E-state index contributed by atoms with van der Waals surface area (Å²) in [5.41, 5.74) is 3.52. The van der Waals surface area contributed by atoms with Crippen LogP contribution in [-0.4, -0.2) is 20.7 Å². The van der Waals surface area contributed by atoms with Crippen molar-refractivity contribution in [3.8, 4) is 0 Å². The Labute approximate surface area is 159 Å². The highest BCUT2D eigenvalue weighted by molar-refractivity contribution is 5.94. The van der Waals surface area contributed by atoms with Crippen molar-refractivity contribution in [1.29, 1.82) is 0 Å². The third kappa shape index (κ3) is 3.14. The van der Waals surface area contributed by atoms with Crippen molar-refractivity contribution in [2.45, 2.75) is 39.3 Å². The average molecular weight is 360 g/mol. The van der Waals surface area contributed by atoms with E-state index in [0.29, 0.717) is 5.95 Å². The summed E-state index contributed by atoms with van der Waals surface area (Å²) in [5.74, 6) is 0.581. The van der Waals surface area contributed by atoms with Gasteiger partial charge in [0, 0.05) is 5.92 Å². The third-order valence-corrected chi connectivity index (χ3v) is 5.20. The molecule has 2 atom stereocenters. The van der Waals surface area contributed by atoms with Crippen molar-refractivity contribution < 1.29 is 4.79 Å². The van der Waals surface area contributed by atoms with Gasteiger partial charge in [0.25, 0.3) is 0 Å². The summed E-state index contributed by atoms with van der Waals surface area (Å²) >= 11 is 0. The first kappa shape index (κ1) is 17.5. The number of carbonyl (C=O) groups excluding carboxylic acids is 1. The number of rotatable bonds is 3. The van der Waals surface area contributed by atoms with E-state index in [1.54, 1.807) is 6.33 Å². The maximum absolute atomic E-state index is 13.1. The molecule has 0 radical (unpaired) electrons. The standard InChI is InChI=1S/C22H24N4O/c1-15(2)21(27)25-19(18-11-9-16(3)10-12-18)13-20(17-7-5-4-6-8-17)26-22(25)23-14-24-26/h4-12,14-15,19-20H,13H2,1-3H3/t19-,20+/m0/s1. The molecule has 5 nitrogen and oxygen atoms in total. The maximum atomic E-state index is 13.1. The fourth-order valence-corrected chi connectivity index (χ4v) is 3.75. The lowest BCUT2D eigenvalue weighted by Crippen LogP contribution is -2.44. The fourth-order valence-electron chi connectivity index (χ4n) is 3.75. The van der Waals surface area contributed by atoms with E-state index in [1.165, 1.54) is 11.1 Å². The van der Waals surface area contributed by atoms with Gasteiger partial charge in [0.2, 0.25) is 11.9 Å². The van der Waals surface area contributed by atoms with Gasteiger partial charge < -0.3 is 0 Å². The van der Waals surface area contributed by atoms with Gasteiger partial charge >= 0.3 is 0 Å². The highest BCUT2D eigenvalue weighted by atomic mass is 16.2. The Morgan fingerprint density at radius 3 is 2.33 bits per heavy atom. The lowest BCUT2D eigenvalue weighted by atomic mass is 9.91. The molecule has 2 heterocycles. The van der Waals surface area contributed by atoms with Gasteiger partial charge in [-0.15, -0.1) is 0 Å². The first-order chi connectivity index (χ1) is 13.1. The Morgan fingerprint density at radius 1 is 1.00 bits per heavy atom. The van der Waals surface area contributed by atoms with Gasteiger partial charge in [-0.2, -0.15) is 10.1 Å². The molecule has 0 fully saturated rings. The zero-order chi connectivity index (χ0) is 19.0. The van der Waals surface area contributed by atoms with Gasteiger partial charge in [-0.05, 0) is 24.5 Å². The first-order valence-electron chi connectivity index (χ1n) is 9.40. The van der Waals surface area contributed by atoms with Crippen LogP contribution in [0.3, 0.4) is 0 Å². The quantitative estimate of drug-likeness (QED) is 0.699. The summed E-state index contributed by atoms with van der Waals surface area (Å²) in [7, 11) is 0. The number of fused-ring (bicyclic) bond motifs is 1. The van der Waals surface area contributed by atoms with Crippen LogP contribution in [0.5, 0.6) is 0 Å². The van der Waals surface area contributed by atoms with Crippen molar-refractivity contribution in [3.63, 3.8) is 0 Å². The molecular formula is C22H24N4O. The Kier molecular flexibility index (Phi) is 4.52. The Balaban J connectivity index is 1.85. The van der Waals surface area contributed by atoms with Crippen molar-refractivity contribution in [2.24, 2.45) is 5.92 Å². The molecule has 0 N–H and O–H groups in total. The molecule has 1 aromatic heterocycles. The molecule has 5 heteroatoms. The Morgan fingerprint density at radius 2 is 1.67 bits per heavy atom. The van der Waals surface area contributed by atoms with Crippen molar-refractivity contribution in [3.05, 3.63) is 77.6 Å². The first-order valence-corrected chi connectivity index (χ1v) is 9.40. The van der Waals surface area contributed by atoms with E-state index in [2.05, 4.69) is 53.4 Å². The van der Waals surface area contributed by atoms with E-state index >= 15 is 0 Å². The Hall–Kier alpha value is -2.95. The average Bonchev–Trinajstić information content (AvgIpc) is 3.17. The minimum absolute atomic E-state index is 0.0474. The van der Waals surface area contributed by atoms with Gasteiger partial charge in [-0.25, -0.2) is 4.68 Å². The zero-order valence-electron chi connectivity index (χ0n) is 15.9. The summed E-state index contributed by atoms with van der Waals surface area (Å²) in [4.78, 5) is 19.4. The lowest BCUT2D eigenvalue weighted by Gasteiger charge is -2.40. The molecule has 0 bridgehead atoms. The van der Waals surface area contributed by atoms with Gasteiger partial charge in [0.15, 0.2) is 0 Å². The third-order valence-electron chi connectivity index (χ3n) is 5.20. The fraction of sp³-hybridized carbons (Fsp3) is 0.318. The number of anilines is 1. The van der Waals surface area contributed by atoms with Crippen LogP contribution in [0.4, 0.5) is 5.95 Å². The molecule has 0 saturated heterocycles. The van der Waals surface area contributed by atoms with Gasteiger partial charge in [0.1, 0.15) is 6.33 Å². The second-order valence-corrected chi connectivity index (χ2v) is 7.46.